The van der Waals surface area contributed by atoms with E-state index in [2.05, 4.69) is 0 Å². The van der Waals surface area contributed by atoms with E-state index in [1.54, 1.807) is 6.07 Å². The Morgan fingerprint density at radius 1 is 1.57 bits per heavy atom. The highest BCUT2D eigenvalue weighted by atomic mass is 35.5. The third kappa shape index (κ3) is 3.55. The molecule has 76 valence electrons. The van der Waals surface area contributed by atoms with Gasteiger partial charge in [-0.2, -0.15) is 0 Å². The number of carboxylic acids is 1. The zero-order valence-corrected chi connectivity index (χ0v) is 8.74. The molecule has 1 aromatic carbocycles. The molecule has 0 saturated carbocycles. The predicted octanol–water partition coefficient (Wildman–Crippen LogP) is 3.05. The van der Waals surface area contributed by atoms with E-state index in [-0.39, 0.29) is 6.42 Å². The van der Waals surface area contributed by atoms with E-state index in [4.69, 9.17) is 16.7 Å². The molecule has 0 fully saturated rings. The number of hydrogen-bond donors (Lipinski definition) is 1. The van der Waals surface area contributed by atoms with Gasteiger partial charge < -0.3 is 5.11 Å². The van der Waals surface area contributed by atoms with E-state index in [9.17, 15) is 9.18 Å². The van der Waals surface area contributed by atoms with E-state index in [1.165, 1.54) is 23.9 Å². The number of carbonyl (C=O) groups is 1. The van der Waals surface area contributed by atoms with Crippen molar-refractivity contribution < 1.29 is 14.3 Å². The van der Waals surface area contributed by atoms with Gasteiger partial charge in [0, 0.05) is 10.6 Å². The molecule has 0 unspecified atom stereocenters. The molecule has 0 radical (unpaired) electrons. The smallest absolute Gasteiger partial charge is 0.304 e. The van der Waals surface area contributed by atoms with Gasteiger partial charge in [0.25, 0.3) is 0 Å². The monoisotopic (exact) mass is 234 g/mol. The van der Waals surface area contributed by atoms with Crippen LogP contribution in [-0.4, -0.2) is 16.8 Å². The average Bonchev–Trinajstić information content (AvgIpc) is 2.08. The molecule has 0 aliphatic rings. The third-order valence-electron chi connectivity index (χ3n) is 1.47. The van der Waals surface area contributed by atoms with Crippen LogP contribution < -0.4 is 0 Å². The van der Waals surface area contributed by atoms with Crippen LogP contribution in [0.4, 0.5) is 4.39 Å². The summed E-state index contributed by atoms with van der Waals surface area (Å²) in [6.07, 6.45) is 0.0678. The van der Waals surface area contributed by atoms with Crippen molar-refractivity contribution in [3.8, 4) is 0 Å². The Kier molecular flexibility index (Phi) is 4.22. The number of carboxylic acid groups (broad SMARTS) is 1. The summed E-state index contributed by atoms with van der Waals surface area (Å²) in [5.41, 5.74) is 0. The van der Waals surface area contributed by atoms with Crippen LogP contribution in [0.15, 0.2) is 23.1 Å². The zero-order valence-electron chi connectivity index (χ0n) is 7.17. The molecule has 0 aliphatic heterocycles. The van der Waals surface area contributed by atoms with Crippen LogP contribution in [-0.2, 0) is 4.79 Å². The number of benzene rings is 1. The van der Waals surface area contributed by atoms with Crippen molar-refractivity contribution in [2.75, 3.05) is 5.75 Å². The molecule has 0 aromatic heterocycles. The van der Waals surface area contributed by atoms with Crippen LogP contribution in [0.5, 0.6) is 0 Å². The summed E-state index contributed by atoms with van der Waals surface area (Å²) >= 11 is 7.04. The maximum atomic E-state index is 12.6. The highest BCUT2D eigenvalue weighted by molar-refractivity contribution is 7.99. The van der Waals surface area contributed by atoms with Crippen molar-refractivity contribution in [1.82, 2.24) is 0 Å². The van der Waals surface area contributed by atoms with E-state index in [0.29, 0.717) is 15.7 Å². The largest absolute Gasteiger partial charge is 0.481 e. The molecule has 0 bridgehead atoms. The van der Waals surface area contributed by atoms with Gasteiger partial charge in [0.2, 0.25) is 0 Å². The number of aliphatic carboxylic acids is 1. The second kappa shape index (κ2) is 5.22. The van der Waals surface area contributed by atoms with Crippen molar-refractivity contribution in [2.24, 2.45) is 0 Å². The Morgan fingerprint density at radius 3 is 2.86 bits per heavy atom. The fourth-order valence-electron chi connectivity index (χ4n) is 0.841. The molecule has 0 heterocycles. The number of halogens is 2. The number of thioether (sulfide) groups is 1. The highest BCUT2D eigenvalue weighted by Crippen LogP contribution is 2.27. The van der Waals surface area contributed by atoms with E-state index in [1.807, 2.05) is 0 Å². The van der Waals surface area contributed by atoms with Crippen molar-refractivity contribution in [2.45, 2.75) is 11.3 Å². The van der Waals surface area contributed by atoms with Gasteiger partial charge in [-0.25, -0.2) is 4.39 Å². The molecular weight excluding hydrogens is 227 g/mol. The van der Waals surface area contributed by atoms with Crippen molar-refractivity contribution in [3.63, 3.8) is 0 Å². The second-order valence-electron chi connectivity index (χ2n) is 2.57. The minimum atomic E-state index is -0.851. The molecule has 0 saturated heterocycles. The van der Waals surface area contributed by atoms with Crippen LogP contribution in [0, 0.1) is 5.82 Å². The molecule has 2 nitrogen and oxygen atoms in total. The maximum Gasteiger partial charge on any atom is 0.304 e. The van der Waals surface area contributed by atoms with Gasteiger partial charge in [-0.3, -0.25) is 4.79 Å². The van der Waals surface area contributed by atoms with Crippen LogP contribution in [0.3, 0.4) is 0 Å². The highest BCUT2D eigenvalue weighted by Gasteiger charge is 2.03. The summed E-state index contributed by atoms with van der Waals surface area (Å²) in [6, 6.07) is 4.06. The number of rotatable bonds is 4. The maximum absolute atomic E-state index is 12.6. The SMILES string of the molecule is O=C(O)CCSc1ccc(F)cc1Cl. The van der Waals surface area contributed by atoms with Crippen LogP contribution >= 0.6 is 23.4 Å². The molecule has 14 heavy (non-hydrogen) atoms. The summed E-state index contributed by atoms with van der Waals surface area (Å²) < 4.78 is 12.6. The lowest BCUT2D eigenvalue weighted by Crippen LogP contribution is -1.95. The third-order valence-corrected chi connectivity index (χ3v) is 2.97. The van der Waals surface area contributed by atoms with Crippen molar-refractivity contribution in [3.05, 3.63) is 29.0 Å². The summed E-state index contributed by atoms with van der Waals surface area (Å²) in [4.78, 5) is 10.9. The lowest BCUT2D eigenvalue weighted by atomic mass is 10.3. The fourth-order valence-corrected chi connectivity index (χ4v) is 2.03. The second-order valence-corrected chi connectivity index (χ2v) is 4.11. The standard InChI is InChI=1S/C9H8ClFO2S/c10-7-5-6(11)1-2-8(7)14-4-3-9(12)13/h1-2,5H,3-4H2,(H,12,13). The van der Waals surface area contributed by atoms with Gasteiger partial charge in [0.05, 0.1) is 11.4 Å². The van der Waals surface area contributed by atoms with Gasteiger partial charge in [0.1, 0.15) is 5.82 Å². The molecule has 0 amide bonds. The van der Waals surface area contributed by atoms with E-state index in [0.717, 1.165) is 0 Å². The minimum Gasteiger partial charge on any atom is -0.481 e. The Bertz CT molecular complexity index is 344. The first-order valence-electron chi connectivity index (χ1n) is 3.89. The van der Waals surface area contributed by atoms with Gasteiger partial charge in [-0.05, 0) is 18.2 Å². The zero-order chi connectivity index (χ0) is 10.6. The van der Waals surface area contributed by atoms with Gasteiger partial charge in [-0.1, -0.05) is 11.6 Å². The van der Waals surface area contributed by atoms with Crippen LogP contribution in [0.1, 0.15) is 6.42 Å². The lowest BCUT2D eigenvalue weighted by Gasteiger charge is -2.02. The molecule has 1 aromatic rings. The molecule has 1 rings (SSSR count). The molecular formula is C9H8ClFO2S. The van der Waals surface area contributed by atoms with E-state index >= 15 is 0 Å². The molecule has 0 aliphatic carbocycles. The lowest BCUT2D eigenvalue weighted by molar-refractivity contribution is -0.136. The quantitative estimate of drug-likeness (QED) is 0.814. The first kappa shape index (κ1) is 11.3. The Morgan fingerprint density at radius 2 is 2.29 bits per heavy atom. The summed E-state index contributed by atoms with van der Waals surface area (Å²) in [7, 11) is 0. The van der Waals surface area contributed by atoms with Crippen molar-refractivity contribution in [1.29, 1.82) is 0 Å². The molecule has 0 atom stereocenters. The normalized spacial score (nSPS) is 10.1. The van der Waals surface area contributed by atoms with Crippen LogP contribution in [0.25, 0.3) is 0 Å². The van der Waals surface area contributed by atoms with Crippen molar-refractivity contribution >= 4 is 29.3 Å². The predicted molar refractivity (Wildman–Crippen MR) is 54.4 cm³/mol. The molecule has 0 spiro atoms. The van der Waals surface area contributed by atoms with Gasteiger partial charge in [-0.15, -0.1) is 11.8 Å². The average molecular weight is 235 g/mol. The van der Waals surface area contributed by atoms with Gasteiger partial charge in [0.15, 0.2) is 0 Å². The molecule has 5 heteroatoms. The van der Waals surface area contributed by atoms with E-state index < -0.39 is 11.8 Å². The van der Waals surface area contributed by atoms with Gasteiger partial charge >= 0.3 is 5.97 Å². The summed E-state index contributed by atoms with van der Waals surface area (Å²) in [5, 5.41) is 8.72. The summed E-state index contributed by atoms with van der Waals surface area (Å²) in [6.45, 7) is 0. The number of hydrogen-bond acceptors (Lipinski definition) is 2. The summed E-state index contributed by atoms with van der Waals surface area (Å²) in [5.74, 6) is -0.811. The Hall–Kier alpha value is -0.740. The Balaban J connectivity index is 2.55. The molecule has 1 N–H and O–H groups in total. The topological polar surface area (TPSA) is 37.3 Å². The Labute approximate surface area is 90.1 Å². The minimum absolute atomic E-state index is 0.0678. The van der Waals surface area contributed by atoms with Crippen LogP contribution in [0.2, 0.25) is 5.02 Å². The fraction of sp³-hybridized carbons (Fsp3) is 0.222. The first-order chi connectivity index (χ1) is 6.59. The first-order valence-corrected chi connectivity index (χ1v) is 5.25.